The predicted molar refractivity (Wildman–Crippen MR) is 124 cm³/mol. The molecule has 0 aromatic heterocycles. The first kappa shape index (κ1) is 23.3. The molecule has 4 nitrogen and oxygen atoms in total. The van der Waals surface area contributed by atoms with E-state index in [0.29, 0.717) is 47.9 Å². The minimum Gasteiger partial charge on any atom is -0.462 e. The molecule has 4 aliphatic rings. The van der Waals surface area contributed by atoms with E-state index in [9.17, 15) is 9.59 Å². The molecule has 0 aromatic carbocycles. The van der Waals surface area contributed by atoms with Gasteiger partial charge in [-0.2, -0.15) is 0 Å². The van der Waals surface area contributed by atoms with Gasteiger partial charge in [-0.1, -0.05) is 27.7 Å². The number of hydrogen-bond donors (Lipinski definition) is 0. The van der Waals surface area contributed by atoms with Gasteiger partial charge in [-0.25, -0.2) is 0 Å². The second-order valence-electron chi connectivity index (χ2n) is 11.5. The summed E-state index contributed by atoms with van der Waals surface area (Å²) in [6, 6.07) is 0. The number of ether oxygens (including phenoxy) is 1. The molecule has 11 atom stereocenters. The Morgan fingerprint density at radius 2 is 1.74 bits per heavy atom. The van der Waals surface area contributed by atoms with Crippen molar-refractivity contribution in [2.24, 2.45) is 53.3 Å². The zero-order valence-corrected chi connectivity index (χ0v) is 20.3. The van der Waals surface area contributed by atoms with E-state index in [0.717, 1.165) is 44.4 Å². The fraction of sp³-hybridized carbons (Fsp3) is 0.923. The number of ketones is 1. The van der Waals surface area contributed by atoms with E-state index in [2.05, 4.69) is 27.7 Å². The molecule has 0 N–H and O–H groups in total. The highest BCUT2D eigenvalue weighted by molar-refractivity contribution is 5.98. The first-order valence-corrected chi connectivity index (χ1v) is 13.1. The second kappa shape index (κ2) is 9.57. The van der Waals surface area contributed by atoms with Gasteiger partial charge in [0, 0.05) is 24.4 Å². The summed E-state index contributed by atoms with van der Waals surface area (Å²) in [7, 11) is 1.84. The van der Waals surface area contributed by atoms with E-state index >= 15 is 0 Å². The second-order valence-corrected chi connectivity index (χ2v) is 11.5. The minimum absolute atomic E-state index is 0.0299. The lowest BCUT2D eigenvalue weighted by Gasteiger charge is -2.42. The topological polar surface area (TPSA) is 52.6 Å². The van der Waals surface area contributed by atoms with E-state index < -0.39 is 0 Å². The number of carbonyl (C=O) groups excluding carboxylic acids is 2. The number of carbonyl (C=O) groups is 2. The molecule has 4 fully saturated rings. The third-order valence-corrected chi connectivity index (χ3v) is 9.96. The van der Waals surface area contributed by atoms with Crippen molar-refractivity contribution in [1.29, 1.82) is 0 Å². The van der Waals surface area contributed by atoms with Gasteiger partial charge in [0.05, 0.1) is 0 Å². The Morgan fingerprint density at radius 3 is 2.45 bits per heavy atom. The Labute approximate surface area is 190 Å². The Balaban J connectivity index is 1.63. The van der Waals surface area contributed by atoms with Gasteiger partial charge >= 0.3 is 5.97 Å². The number of esters is 1. The monoisotopic (exact) mass is 430 g/mol. The summed E-state index contributed by atoms with van der Waals surface area (Å²) in [5.41, 5.74) is 0. The normalized spacial score (nSPS) is 48.7. The molecule has 0 spiro atoms. The van der Waals surface area contributed by atoms with Crippen LogP contribution in [0.5, 0.6) is 0 Å². The van der Waals surface area contributed by atoms with Crippen molar-refractivity contribution in [3.63, 3.8) is 0 Å². The lowest BCUT2D eigenvalue weighted by molar-refractivity contribution is -0.152. The van der Waals surface area contributed by atoms with Crippen LogP contribution in [0.3, 0.4) is 0 Å². The van der Waals surface area contributed by atoms with Crippen LogP contribution in [0.1, 0.15) is 85.5 Å². The fourth-order valence-electron chi connectivity index (χ4n) is 8.16. The highest BCUT2D eigenvalue weighted by atomic mass is 16.5. The maximum absolute atomic E-state index is 13.8. The summed E-state index contributed by atoms with van der Waals surface area (Å²) in [6.07, 6.45) is 9.24. The van der Waals surface area contributed by atoms with E-state index in [1.165, 1.54) is 12.8 Å². The van der Waals surface area contributed by atoms with Crippen molar-refractivity contribution < 1.29 is 19.0 Å². The summed E-state index contributed by atoms with van der Waals surface area (Å²) >= 11 is 0. The zero-order valence-electron chi connectivity index (χ0n) is 20.3. The van der Waals surface area contributed by atoms with Gasteiger partial charge in [-0.3, -0.25) is 9.59 Å². The van der Waals surface area contributed by atoms with E-state index in [4.69, 9.17) is 9.39 Å². The molecule has 2 unspecified atom stereocenters. The average molecular weight is 430 g/mol. The summed E-state index contributed by atoms with van der Waals surface area (Å²) < 4.78 is 11.7. The molecular weight excluding hydrogens is 387 g/mol. The quantitative estimate of drug-likeness (QED) is 0.475. The first-order valence-electron chi connectivity index (χ1n) is 13.1. The zero-order chi connectivity index (χ0) is 22.3. The molecule has 0 bridgehead atoms. The van der Waals surface area contributed by atoms with E-state index in [1.807, 2.05) is 8.05 Å². The highest BCUT2D eigenvalue weighted by Crippen LogP contribution is 2.60. The lowest BCUT2D eigenvalue weighted by atomic mass is 9.62. The number of rotatable bonds is 2. The predicted octanol–water partition coefficient (Wildman–Crippen LogP) is 4.59. The van der Waals surface area contributed by atoms with Crippen LogP contribution in [0.4, 0.5) is 0 Å². The number of cyclic esters (lactones) is 1. The van der Waals surface area contributed by atoms with Crippen molar-refractivity contribution in [2.75, 3.05) is 0 Å². The first-order chi connectivity index (χ1) is 14.8. The summed E-state index contributed by atoms with van der Waals surface area (Å²) in [6.45, 7) is 8.89. The summed E-state index contributed by atoms with van der Waals surface area (Å²) in [4.78, 5) is 26.8. The Hall–Kier alpha value is -0.835. The molecule has 0 radical (unpaired) electrons. The van der Waals surface area contributed by atoms with E-state index in [1.54, 1.807) is 0 Å². The minimum atomic E-state index is -0.0629. The maximum atomic E-state index is 13.8. The molecule has 1 saturated heterocycles. The van der Waals surface area contributed by atoms with Crippen LogP contribution >= 0.6 is 0 Å². The Bertz CT molecular complexity index is 666. The van der Waals surface area contributed by atoms with Gasteiger partial charge < -0.3 is 9.39 Å². The van der Waals surface area contributed by atoms with Gasteiger partial charge in [0.2, 0.25) is 0 Å². The molecule has 1 aliphatic heterocycles. The van der Waals surface area contributed by atoms with Crippen molar-refractivity contribution in [3.05, 3.63) is 0 Å². The molecule has 4 rings (SSSR count). The van der Waals surface area contributed by atoms with Crippen LogP contribution in [-0.4, -0.2) is 32.0 Å². The molecule has 31 heavy (non-hydrogen) atoms. The lowest BCUT2D eigenvalue weighted by Crippen LogP contribution is -2.38. The van der Waals surface area contributed by atoms with Crippen LogP contribution in [0.15, 0.2) is 0 Å². The molecule has 0 aromatic rings. The third kappa shape index (κ3) is 4.50. The van der Waals surface area contributed by atoms with E-state index in [-0.39, 0.29) is 29.8 Å². The Morgan fingerprint density at radius 1 is 0.968 bits per heavy atom. The molecule has 1 heterocycles. The largest absolute Gasteiger partial charge is 0.462 e. The maximum Gasteiger partial charge on any atom is 0.306 e. The van der Waals surface area contributed by atoms with Gasteiger partial charge in [-0.15, -0.1) is 0 Å². The molecular formula is C26H43BO4. The fourth-order valence-corrected chi connectivity index (χ4v) is 8.16. The van der Waals surface area contributed by atoms with Crippen molar-refractivity contribution in [2.45, 2.75) is 97.7 Å². The summed E-state index contributed by atoms with van der Waals surface area (Å²) in [5, 5.41) is 0. The van der Waals surface area contributed by atoms with Crippen molar-refractivity contribution in [1.82, 2.24) is 0 Å². The van der Waals surface area contributed by atoms with Crippen LogP contribution in [-0.2, 0) is 19.0 Å². The van der Waals surface area contributed by atoms with Crippen LogP contribution < -0.4 is 0 Å². The van der Waals surface area contributed by atoms with Gasteiger partial charge in [-0.05, 0) is 92.8 Å². The van der Waals surface area contributed by atoms with Crippen molar-refractivity contribution in [3.8, 4) is 0 Å². The Kier molecular flexibility index (Phi) is 7.20. The SMILES string of the molecule is BO[C@@H]1C[C@H]2CC(C)[C@@H]3[C@@H](CC4C(=O)[C@H](C)[C@@H](C)CCC[C@H](CC)OC(=O)C[C@H]43)[C@@H]2C1. The van der Waals surface area contributed by atoms with Gasteiger partial charge in [0.1, 0.15) is 11.9 Å². The standard InChI is InChI=1S/C26H43BO4/c1-5-18-8-6-7-14(2)16(4)26(29)23-12-21-20-11-19(31-27)10-17(20)9-15(3)25(21)22(23)13-24(28)30-18/h14-23,25H,5-13,27H2,1-4H3/t14-,15?,16+,17+,18-,19+,20+,21-,22+,23?,25+/m0/s1. The molecule has 0 amide bonds. The smallest absolute Gasteiger partial charge is 0.306 e. The summed E-state index contributed by atoms with van der Waals surface area (Å²) in [5.74, 6) is 4.04. The van der Waals surface area contributed by atoms with Crippen LogP contribution in [0, 0.1) is 53.3 Å². The van der Waals surface area contributed by atoms with Crippen LogP contribution in [0.2, 0.25) is 0 Å². The number of fused-ring (bicyclic) bond motifs is 5. The van der Waals surface area contributed by atoms with Crippen molar-refractivity contribution >= 4 is 19.8 Å². The average Bonchev–Trinajstić information content (AvgIpc) is 3.32. The number of hydrogen-bond acceptors (Lipinski definition) is 4. The number of Topliss-reactive ketones (excluding diaryl/α,β-unsaturated/α-hetero) is 1. The van der Waals surface area contributed by atoms with Gasteiger partial charge in [0.25, 0.3) is 8.05 Å². The molecule has 3 aliphatic carbocycles. The third-order valence-electron chi connectivity index (χ3n) is 9.96. The highest BCUT2D eigenvalue weighted by Gasteiger charge is 2.57. The molecule has 3 saturated carbocycles. The van der Waals surface area contributed by atoms with Crippen LogP contribution in [0.25, 0.3) is 0 Å². The molecule has 174 valence electrons. The molecule has 5 heteroatoms. The van der Waals surface area contributed by atoms with Gasteiger partial charge in [0.15, 0.2) is 0 Å².